The van der Waals surface area contributed by atoms with Gasteiger partial charge in [0.1, 0.15) is 6.04 Å². The Labute approximate surface area is 172 Å². The van der Waals surface area contributed by atoms with E-state index in [1.54, 1.807) is 0 Å². The molecule has 152 valence electrons. The van der Waals surface area contributed by atoms with Crippen LogP contribution in [0.15, 0.2) is 42.5 Å². The van der Waals surface area contributed by atoms with Gasteiger partial charge in [0.05, 0.1) is 7.11 Å². The molecule has 0 spiro atoms. The number of ether oxygens (including phenoxy) is 1. The van der Waals surface area contributed by atoms with E-state index in [2.05, 4.69) is 23.5 Å². The molecule has 4 aliphatic carbocycles. The maximum atomic E-state index is 13.5. The van der Waals surface area contributed by atoms with Crippen LogP contribution in [-0.2, 0) is 20.7 Å². The number of amides is 1. The number of benzene rings is 2. The van der Waals surface area contributed by atoms with Crippen LogP contribution in [-0.4, -0.2) is 25.0 Å². The molecule has 4 heteroatoms. The second-order valence-corrected chi connectivity index (χ2v) is 9.59. The number of rotatable bonds is 5. The van der Waals surface area contributed by atoms with Crippen LogP contribution < -0.4 is 5.32 Å². The molecule has 29 heavy (non-hydrogen) atoms. The van der Waals surface area contributed by atoms with Crippen LogP contribution in [0.3, 0.4) is 0 Å². The molecule has 4 fully saturated rings. The molecule has 2 aromatic carbocycles. The Morgan fingerprint density at radius 2 is 1.62 bits per heavy atom. The third-order valence-electron chi connectivity index (χ3n) is 7.61. The fourth-order valence-electron chi connectivity index (χ4n) is 6.73. The average Bonchev–Trinajstić information content (AvgIpc) is 2.72. The van der Waals surface area contributed by atoms with Crippen molar-refractivity contribution >= 4 is 22.6 Å². The van der Waals surface area contributed by atoms with Gasteiger partial charge in [0.25, 0.3) is 0 Å². The van der Waals surface area contributed by atoms with Crippen molar-refractivity contribution in [3.63, 3.8) is 0 Å². The van der Waals surface area contributed by atoms with E-state index < -0.39 is 6.04 Å². The first-order chi connectivity index (χ1) is 14.1. The van der Waals surface area contributed by atoms with Crippen LogP contribution in [0, 0.1) is 23.2 Å². The SMILES string of the molecule is COC(=O)[C@@H](Cc1cccc2ccccc12)NC(=O)C12CC3CC(CC(C3)C1)C2. The quantitative estimate of drug-likeness (QED) is 0.775. The molecular weight excluding hydrogens is 362 g/mol. The fourth-order valence-corrected chi connectivity index (χ4v) is 6.73. The smallest absolute Gasteiger partial charge is 0.328 e. The Hall–Kier alpha value is -2.36. The zero-order chi connectivity index (χ0) is 20.0. The summed E-state index contributed by atoms with van der Waals surface area (Å²) < 4.78 is 5.06. The maximum absolute atomic E-state index is 13.5. The minimum atomic E-state index is -0.647. The third-order valence-corrected chi connectivity index (χ3v) is 7.61. The summed E-state index contributed by atoms with van der Waals surface area (Å²) in [4.78, 5) is 26.0. The Balaban J connectivity index is 1.39. The first kappa shape index (κ1) is 18.7. The highest BCUT2D eigenvalue weighted by Gasteiger charge is 2.55. The molecular formula is C25H29NO3. The summed E-state index contributed by atoms with van der Waals surface area (Å²) in [5.41, 5.74) is 0.795. The summed E-state index contributed by atoms with van der Waals surface area (Å²) in [7, 11) is 1.40. The molecule has 6 rings (SSSR count). The summed E-state index contributed by atoms with van der Waals surface area (Å²) in [6.45, 7) is 0. The van der Waals surface area contributed by atoms with E-state index >= 15 is 0 Å². The van der Waals surface area contributed by atoms with E-state index in [-0.39, 0.29) is 17.3 Å². The number of hydrogen-bond donors (Lipinski definition) is 1. The van der Waals surface area contributed by atoms with Gasteiger partial charge in [-0.15, -0.1) is 0 Å². The second kappa shape index (κ2) is 7.16. The van der Waals surface area contributed by atoms with Crippen molar-refractivity contribution in [3.8, 4) is 0 Å². The Kier molecular flexibility index (Phi) is 4.60. The van der Waals surface area contributed by atoms with Gasteiger partial charge in [-0.2, -0.15) is 0 Å². The number of esters is 1. The molecule has 1 atom stereocenters. The molecule has 0 radical (unpaired) electrons. The summed E-state index contributed by atoms with van der Waals surface area (Å²) >= 11 is 0. The van der Waals surface area contributed by atoms with Gasteiger partial charge in [-0.05, 0) is 72.6 Å². The van der Waals surface area contributed by atoms with Gasteiger partial charge in [-0.1, -0.05) is 42.5 Å². The number of hydrogen-bond acceptors (Lipinski definition) is 3. The van der Waals surface area contributed by atoms with Gasteiger partial charge in [0, 0.05) is 11.8 Å². The van der Waals surface area contributed by atoms with Gasteiger partial charge in [0.15, 0.2) is 0 Å². The number of methoxy groups -OCH3 is 1. The van der Waals surface area contributed by atoms with Crippen molar-refractivity contribution in [3.05, 3.63) is 48.0 Å². The van der Waals surface area contributed by atoms with Crippen LogP contribution in [0.25, 0.3) is 10.8 Å². The van der Waals surface area contributed by atoms with Crippen molar-refractivity contribution in [1.82, 2.24) is 5.32 Å². The van der Waals surface area contributed by atoms with E-state index in [1.807, 2.05) is 24.3 Å². The molecule has 4 aliphatic rings. The number of carbonyl (C=O) groups excluding carboxylic acids is 2. The van der Waals surface area contributed by atoms with Gasteiger partial charge < -0.3 is 10.1 Å². The van der Waals surface area contributed by atoms with E-state index in [1.165, 1.54) is 26.4 Å². The predicted molar refractivity (Wildman–Crippen MR) is 112 cm³/mol. The molecule has 0 unspecified atom stereocenters. The van der Waals surface area contributed by atoms with Crippen molar-refractivity contribution in [2.45, 2.75) is 51.0 Å². The molecule has 0 aliphatic heterocycles. The standard InChI is InChI=1S/C25H29NO3/c1-29-23(27)22(12-20-7-4-6-19-5-2-3-8-21(19)20)26-24(28)25-13-16-9-17(14-25)11-18(10-16)15-25/h2-8,16-18,22H,9-15H2,1H3,(H,26,28)/t16?,17?,18?,22-,25?/m1/s1. The Morgan fingerprint density at radius 3 is 2.28 bits per heavy atom. The predicted octanol–water partition coefficient (Wildman–Crippen LogP) is 4.26. The minimum absolute atomic E-state index is 0.0761. The highest BCUT2D eigenvalue weighted by atomic mass is 16.5. The lowest BCUT2D eigenvalue weighted by Gasteiger charge is -2.55. The second-order valence-electron chi connectivity index (χ2n) is 9.59. The topological polar surface area (TPSA) is 55.4 Å². The van der Waals surface area contributed by atoms with Crippen LogP contribution in [0.5, 0.6) is 0 Å². The van der Waals surface area contributed by atoms with Crippen molar-refractivity contribution in [1.29, 1.82) is 0 Å². The van der Waals surface area contributed by atoms with Crippen LogP contribution in [0.2, 0.25) is 0 Å². The highest BCUT2D eigenvalue weighted by molar-refractivity contribution is 5.90. The molecule has 4 saturated carbocycles. The van der Waals surface area contributed by atoms with E-state index in [0.29, 0.717) is 24.2 Å². The summed E-state index contributed by atoms with van der Waals surface area (Å²) in [5.74, 6) is 1.80. The van der Waals surface area contributed by atoms with E-state index in [0.717, 1.165) is 35.6 Å². The van der Waals surface area contributed by atoms with Crippen LogP contribution in [0.1, 0.15) is 44.1 Å². The fraction of sp³-hybridized carbons (Fsp3) is 0.520. The lowest BCUT2D eigenvalue weighted by Crippen LogP contribution is -2.56. The molecule has 1 N–H and O–H groups in total. The van der Waals surface area contributed by atoms with Crippen LogP contribution >= 0.6 is 0 Å². The molecule has 4 bridgehead atoms. The minimum Gasteiger partial charge on any atom is -0.467 e. The zero-order valence-electron chi connectivity index (χ0n) is 17.0. The monoisotopic (exact) mass is 391 g/mol. The van der Waals surface area contributed by atoms with Gasteiger partial charge in [0.2, 0.25) is 5.91 Å². The zero-order valence-corrected chi connectivity index (χ0v) is 17.0. The summed E-state index contributed by atoms with van der Waals surface area (Å²) in [5, 5.41) is 5.38. The van der Waals surface area contributed by atoms with Gasteiger partial charge in [-0.3, -0.25) is 4.79 Å². The molecule has 1 amide bonds. The van der Waals surface area contributed by atoms with Crippen molar-refractivity contribution < 1.29 is 14.3 Å². The molecule has 0 saturated heterocycles. The van der Waals surface area contributed by atoms with Crippen LogP contribution in [0.4, 0.5) is 0 Å². The molecule has 0 aromatic heterocycles. The maximum Gasteiger partial charge on any atom is 0.328 e. The Morgan fingerprint density at radius 1 is 1.00 bits per heavy atom. The lowest BCUT2D eigenvalue weighted by molar-refractivity contribution is -0.152. The number of carbonyl (C=O) groups is 2. The largest absolute Gasteiger partial charge is 0.467 e. The first-order valence-corrected chi connectivity index (χ1v) is 10.9. The molecule has 0 heterocycles. The summed E-state index contributed by atoms with van der Waals surface area (Å²) in [6, 6.07) is 13.6. The average molecular weight is 392 g/mol. The normalized spacial score (nSPS) is 30.9. The summed E-state index contributed by atoms with van der Waals surface area (Å²) in [6.07, 6.45) is 7.31. The van der Waals surface area contributed by atoms with E-state index in [9.17, 15) is 9.59 Å². The third kappa shape index (κ3) is 3.33. The first-order valence-electron chi connectivity index (χ1n) is 10.9. The van der Waals surface area contributed by atoms with E-state index in [4.69, 9.17) is 4.74 Å². The molecule has 4 nitrogen and oxygen atoms in total. The Bertz CT molecular complexity index is 909. The highest BCUT2D eigenvalue weighted by Crippen LogP contribution is 2.60. The lowest BCUT2D eigenvalue weighted by atomic mass is 9.49. The van der Waals surface area contributed by atoms with Gasteiger partial charge >= 0.3 is 5.97 Å². The van der Waals surface area contributed by atoms with Crippen molar-refractivity contribution in [2.24, 2.45) is 23.2 Å². The number of fused-ring (bicyclic) bond motifs is 1. The number of nitrogens with one attached hydrogen (secondary N) is 1. The molecule has 2 aromatic rings. The van der Waals surface area contributed by atoms with Gasteiger partial charge in [-0.25, -0.2) is 4.79 Å². The van der Waals surface area contributed by atoms with Crippen molar-refractivity contribution in [2.75, 3.05) is 7.11 Å².